The van der Waals surface area contributed by atoms with E-state index < -0.39 is 0 Å². The number of nitrogens with zero attached hydrogens (tertiary/aromatic N) is 1. The van der Waals surface area contributed by atoms with E-state index in [1.54, 1.807) is 0 Å². The summed E-state index contributed by atoms with van der Waals surface area (Å²) in [5.41, 5.74) is 1.49. The standard InChI is InChI=1S/C12H19NS/c1-13(2)10-6-8-11-7-4-5-9-12(11)14-3/h4-5,7,9H,6,8,10H2,1-3H3. The Morgan fingerprint density at radius 3 is 2.57 bits per heavy atom. The van der Waals surface area contributed by atoms with Gasteiger partial charge in [-0.25, -0.2) is 0 Å². The summed E-state index contributed by atoms with van der Waals surface area (Å²) >= 11 is 1.84. The van der Waals surface area contributed by atoms with Gasteiger partial charge in [0.2, 0.25) is 0 Å². The Morgan fingerprint density at radius 2 is 1.93 bits per heavy atom. The average molecular weight is 209 g/mol. The fraction of sp³-hybridized carbons (Fsp3) is 0.500. The topological polar surface area (TPSA) is 3.24 Å². The van der Waals surface area contributed by atoms with Gasteiger partial charge in [-0.3, -0.25) is 0 Å². The molecular formula is C12H19NS. The number of aryl methyl sites for hydroxylation is 1. The summed E-state index contributed by atoms with van der Waals surface area (Å²) in [6.07, 6.45) is 4.57. The van der Waals surface area contributed by atoms with E-state index in [2.05, 4.69) is 49.5 Å². The lowest BCUT2D eigenvalue weighted by Gasteiger charge is -2.10. The maximum atomic E-state index is 2.24. The van der Waals surface area contributed by atoms with Crippen molar-refractivity contribution in [3.05, 3.63) is 29.8 Å². The van der Waals surface area contributed by atoms with Crippen LogP contribution in [0, 0.1) is 0 Å². The zero-order valence-corrected chi connectivity index (χ0v) is 10.1. The normalized spacial score (nSPS) is 10.9. The Balaban J connectivity index is 2.49. The number of rotatable bonds is 5. The molecule has 2 heteroatoms. The molecule has 0 fully saturated rings. The predicted octanol–water partition coefficient (Wildman–Crippen LogP) is 2.90. The minimum Gasteiger partial charge on any atom is -0.309 e. The molecule has 0 saturated carbocycles. The van der Waals surface area contributed by atoms with Gasteiger partial charge in [-0.05, 0) is 51.4 Å². The zero-order valence-electron chi connectivity index (χ0n) is 9.29. The van der Waals surface area contributed by atoms with Crippen molar-refractivity contribution < 1.29 is 0 Å². The molecule has 0 bridgehead atoms. The van der Waals surface area contributed by atoms with Crippen molar-refractivity contribution in [1.82, 2.24) is 4.90 Å². The molecule has 0 aromatic heterocycles. The summed E-state index contributed by atoms with van der Waals surface area (Å²) in [7, 11) is 4.25. The molecule has 1 nitrogen and oxygen atoms in total. The van der Waals surface area contributed by atoms with Gasteiger partial charge in [0.15, 0.2) is 0 Å². The highest BCUT2D eigenvalue weighted by atomic mass is 32.2. The number of thioether (sulfide) groups is 1. The molecule has 0 unspecified atom stereocenters. The fourth-order valence-corrected chi connectivity index (χ4v) is 2.14. The Kier molecular flexibility index (Phi) is 5.05. The van der Waals surface area contributed by atoms with Crippen molar-refractivity contribution >= 4 is 11.8 Å². The molecule has 0 spiro atoms. The quantitative estimate of drug-likeness (QED) is 0.686. The van der Waals surface area contributed by atoms with Gasteiger partial charge in [-0.1, -0.05) is 18.2 Å². The van der Waals surface area contributed by atoms with Crippen molar-refractivity contribution in [3.63, 3.8) is 0 Å². The van der Waals surface area contributed by atoms with Gasteiger partial charge < -0.3 is 4.90 Å². The first kappa shape index (κ1) is 11.6. The third kappa shape index (κ3) is 3.72. The molecule has 0 N–H and O–H groups in total. The van der Waals surface area contributed by atoms with Crippen LogP contribution in [0.5, 0.6) is 0 Å². The lowest BCUT2D eigenvalue weighted by atomic mass is 10.1. The predicted molar refractivity (Wildman–Crippen MR) is 65.1 cm³/mol. The maximum absolute atomic E-state index is 2.24. The monoisotopic (exact) mass is 209 g/mol. The second-order valence-electron chi connectivity index (χ2n) is 3.72. The SMILES string of the molecule is CSc1ccccc1CCCN(C)C. The molecule has 0 amide bonds. The molecule has 0 aliphatic carbocycles. The molecule has 0 saturated heterocycles. The van der Waals surface area contributed by atoms with Crippen LogP contribution in [-0.2, 0) is 6.42 Å². The van der Waals surface area contributed by atoms with Crippen LogP contribution in [0.25, 0.3) is 0 Å². The van der Waals surface area contributed by atoms with E-state index in [1.807, 2.05) is 11.8 Å². The first-order valence-electron chi connectivity index (χ1n) is 5.00. The molecule has 1 rings (SSSR count). The van der Waals surface area contributed by atoms with Crippen LogP contribution in [0.15, 0.2) is 29.2 Å². The summed E-state index contributed by atoms with van der Waals surface area (Å²) in [6.45, 7) is 1.17. The molecule has 0 heterocycles. The molecule has 1 aromatic carbocycles. The van der Waals surface area contributed by atoms with E-state index in [4.69, 9.17) is 0 Å². The first-order chi connectivity index (χ1) is 6.74. The second kappa shape index (κ2) is 6.10. The van der Waals surface area contributed by atoms with Crippen molar-refractivity contribution in [2.75, 3.05) is 26.9 Å². The van der Waals surface area contributed by atoms with E-state index >= 15 is 0 Å². The highest BCUT2D eigenvalue weighted by Crippen LogP contribution is 2.20. The smallest absolute Gasteiger partial charge is 0.0101 e. The molecule has 0 atom stereocenters. The molecule has 78 valence electrons. The number of hydrogen-bond acceptors (Lipinski definition) is 2. The Morgan fingerprint density at radius 1 is 1.21 bits per heavy atom. The zero-order chi connectivity index (χ0) is 10.4. The van der Waals surface area contributed by atoms with E-state index in [0.29, 0.717) is 0 Å². The largest absolute Gasteiger partial charge is 0.309 e. The van der Waals surface area contributed by atoms with Gasteiger partial charge >= 0.3 is 0 Å². The van der Waals surface area contributed by atoms with E-state index in [9.17, 15) is 0 Å². The van der Waals surface area contributed by atoms with Crippen LogP contribution in [0.2, 0.25) is 0 Å². The third-order valence-electron chi connectivity index (χ3n) is 2.24. The highest BCUT2D eigenvalue weighted by Gasteiger charge is 2.00. The second-order valence-corrected chi connectivity index (χ2v) is 4.57. The first-order valence-corrected chi connectivity index (χ1v) is 6.23. The van der Waals surface area contributed by atoms with Gasteiger partial charge in [0.1, 0.15) is 0 Å². The van der Waals surface area contributed by atoms with Crippen LogP contribution < -0.4 is 0 Å². The maximum Gasteiger partial charge on any atom is 0.0101 e. The van der Waals surface area contributed by atoms with Gasteiger partial charge in [0.05, 0.1) is 0 Å². The molecule has 1 aromatic rings. The number of benzene rings is 1. The average Bonchev–Trinajstić information content (AvgIpc) is 2.18. The fourth-order valence-electron chi connectivity index (χ4n) is 1.50. The molecular weight excluding hydrogens is 190 g/mol. The van der Waals surface area contributed by atoms with Crippen molar-refractivity contribution in [2.45, 2.75) is 17.7 Å². The minimum atomic E-state index is 1.17. The Labute approximate surface area is 91.5 Å². The van der Waals surface area contributed by atoms with E-state index in [-0.39, 0.29) is 0 Å². The Bertz CT molecular complexity index is 271. The van der Waals surface area contributed by atoms with E-state index in [1.165, 1.54) is 29.8 Å². The minimum absolute atomic E-state index is 1.17. The Hall–Kier alpha value is -0.470. The summed E-state index contributed by atoms with van der Waals surface area (Å²) in [5.74, 6) is 0. The molecule has 14 heavy (non-hydrogen) atoms. The molecule has 0 radical (unpaired) electrons. The molecule has 0 aliphatic rings. The summed E-state index contributed by atoms with van der Waals surface area (Å²) in [5, 5.41) is 0. The van der Waals surface area contributed by atoms with Crippen LogP contribution >= 0.6 is 11.8 Å². The van der Waals surface area contributed by atoms with Crippen molar-refractivity contribution in [1.29, 1.82) is 0 Å². The van der Waals surface area contributed by atoms with Crippen molar-refractivity contribution in [3.8, 4) is 0 Å². The molecule has 0 aliphatic heterocycles. The van der Waals surface area contributed by atoms with Gasteiger partial charge in [0, 0.05) is 4.90 Å². The van der Waals surface area contributed by atoms with Crippen LogP contribution in [0.1, 0.15) is 12.0 Å². The third-order valence-corrected chi connectivity index (χ3v) is 3.08. The summed E-state index contributed by atoms with van der Waals surface area (Å²) in [4.78, 5) is 3.66. The van der Waals surface area contributed by atoms with Crippen LogP contribution in [-0.4, -0.2) is 31.8 Å². The van der Waals surface area contributed by atoms with Gasteiger partial charge in [-0.2, -0.15) is 0 Å². The lowest BCUT2D eigenvalue weighted by Crippen LogP contribution is -2.13. The van der Waals surface area contributed by atoms with Gasteiger partial charge in [0.25, 0.3) is 0 Å². The summed E-state index contributed by atoms with van der Waals surface area (Å²) in [6, 6.07) is 8.68. The van der Waals surface area contributed by atoms with Gasteiger partial charge in [-0.15, -0.1) is 11.8 Å². The summed E-state index contributed by atoms with van der Waals surface area (Å²) < 4.78 is 0. The lowest BCUT2D eigenvalue weighted by molar-refractivity contribution is 0.400. The number of hydrogen-bond donors (Lipinski definition) is 0. The van der Waals surface area contributed by atoms with Crippen LogP contribution in [0.4, 0.5) is 0 Å². The van der Waals surface area contributed by atoms with Crippen LogP contribution in [0.3, 0.4) is 0 Å². The van der Waals surface area contributed by atoms with Crippen molar-refractivity contribution in [2.24, 2.45) is 0 Å². The highest BCUT2D eigenvalue weighted by molar-refractivity contribution is 7.98. The van der Waals surface area contributed by atoms with E-state index in [0.717, 1.165) is 0 Å².